The van der Waals surface area contributed by atoms with Crippen LogP contribution in [0.5, 0.6) is 0 Å². The lowest BCUT2D eigenvalue weighted by molar-refractivity contribution is 0.127. The van der Waals surface area contributed by atoms with E-state index in [1.165, 1.54) is 10.4 Å². The number of nitrogens with zero attached hydrogens (tertiary/aromatic N) is 3. The summed E-state index contributed by atoms with van der Waals surface area (Å²) in [5, 5.41) is 10.7. The molecule has 114 valence electrons. The molecule has 0 amide bonds. The van der Waals surface area contributed by atoms with Crippen molar-refractivity contribution >= 4 is 27.4 Å². The number of likely N-dealkylation sites (tertiary alicyclic amines) is 1. The van der Waals surface area contributed by atoms with Crippen LogP contribution in [-0.4, -0.2) is 39.2 Å². The topological polar surface area (TPSA) is 75.3 Å². The minimum absolute atomic E-state index is 0.244. The monoisotopic (exact) mass is 306 g/mol. The molecule has 0 aliphatic carbocycles. The van der Waals surface area contributed by atoms with Crippen LogP contribution in [0.15, 0.2) is 0 Å². The molecule has 0 spiro atoms. The van der Waals surface area contributed by atoms with Gasteiger partial charge in [-0.05, 0) is 45.2 Å². The molecule has 0 radical (unpaired) electrons. The molecule has 0 aromatic carbocycles. The fourth-order valence-electron chi connectivity index (χ4n) is 3.00. The molecule has 2 aromatic rings. The van der Waals surface area contributed by atoms with Crippen molar-refractivity contribution in [2.45, 2.75) is 39.8 Å². The Balaban J connectivity index is 1.82. The second-order valence-electron chi connectivity index (χ2n) is 6.01. The van der Waals surface area contributed by atoms with Crippen LogP contribution in [-0.2, 0) is 6.54 Å². The van der Waals surface area contributed by atoms with E-state index in [0.29, 0.717) is 18.3 Å². The minimum atomic E-state index is -0.244. The highest BCUT2D eigenvalue weighted by Crippen LogP contribution is 2.32. The number of hydrogen-bond acceptors (Lipinski definition) is 6. The SMILES string of the molecule is Cc1sc2nc(CN3CCC(C(C)O)C3)nc(N)c2c1C. The lowest BCUT2D eigenvalue weighted by Crippen LogP contribution is -2.25. The lowest BCUT2D eigenvalue weighted by atomic mass is 10.0. The second-order valence-corrected chi connectivity index (χ2v) is 7.22. The molecule has 1 saturated heterocycles. The molecule has 0 bridgehead atoms. The third kappa shape index (κ3) is 2.75. The maximum absolute atomic E-state index is 9.68. The van der Waals surface area contributed by atoms with Crippen molar-refractivity contribution in [1.82, 2.24) is 14.9 Å². The van der Waals surface area contributed by atoms with Gasteiger partial charge in [-0.2, -0.15) is 0 Å². The number of thiophene rings is 1. The highest BCUT2D eigenvalue weighted by molar-refractivity contribution is 7.18. The van der Waals surface area contributed by atoms with E-state index in [1.807, 2.05) is 6.92 Å². The summed E-state index contributed by atoms with van der Waals surface area (Å²) in [6.07, 6.45) is 0.790. The molecule has 2 aromatic heterocycles. The first kappa shape index (κ1) is 14.7. The van der Waals surface area contributed by atoms with Gasteiger partial charge in [0.25, 0.3) is 0 Å². The number of aryl methyl sites for hydroxylation is 2. The second kappa shape index (κ2) is 5.51. The maximum Gasteiger partial charge on any atom is 0.146 e. The van der Waals surface area contributed by atoms with Crippen molar-refractivity contribution in [3.05, 3.63) is 16.3 Å². The van der Waals surface area contributed by atoms with Gasteiger partial charge < -0.3 is 10.8 Å². The Bertz CT molecular complexity index is 667. The Morgan fingerprint density at radius 3 is 2.86 bits per heavy atom. The molecule has 6 heteroatoms. The fraction of sp³-hybridized carbons (Fsp3) is 0.600. The number of nitrogen functional groups attached to an aromatic ring is 1. The van der Waals surface area contributed by atoms with Gasteiger partial charge in [0.05, 0.1) is 18.0 Å². The quantitative estimate of drug-likeness (QED) is 0.908. The highest BCUT2D eigenvalue weighted by atomic mass is 32.1. The van der Waals surface area contributed by atoms with Gasteiger partial charge in [0.15, 0.2) is 0 Å². The van der Waals surface area contributed by atoms with Crippen molar-refractivity contribution in [1.29, 1.82) is 0 Å². The first-order chi connectivity index (χ1) is 9.95. The van der Waals surface area contributed by atoms with Gasteiger partial charge in [-0.1, -0.05) is 0 Å². The van der Waals surface area contributed by atoms with Crippen LogP contribution in [0.4, 0.5) is 5.82 Å². The van der Waals surface area contributed by atoms with Crippen LogP contribution in [0, 0.1) is 19.8 Å². The van der Waals surface area contributed by atoms with Gasteiger partial charge in [0.1, 0.15) is 16.5 Å². The first-order valence-electron chi connectivity index (χ1n) is 7.38. The largest absolute Gasteiger partial charge is 0.393 e. The average molecular weight is 306 g/mol. The number of anilines is 1. The van der Waals surface area contributed by atoms with Gasteiger partial charge in [0.2, 0.25) is 0 Å². The van der Waals surface area contributed by atoms with E-state index in [9.17, 15) is 5.11 Å². The molecule has 1 aliphatic heterocycles. The summed E-state index contributed by atoms with van der Waals surface area (Å²) in [7, 11) is 0. The van der Waals surface area contributed by atoms with Gasteiger partial charge in [-0.3, -0.25) is 4.90 Å². The van der Waals surface area contributed by atoms with Gasteiger partial charge in [-0.25, -0.2) is 9.97 Å². The number of aliphatic hydroxyl groups is 1. The molecule has 3 heterocycles. The van der Waals surface area contributed by atoms with E-state index < -0.39 is 0 Å². The Hall–Kier alpha value is -1.24. The molecule has 1 fully saturated rings. The zero-order valence-corrected chi connectivity index (χ0v) is 13.6. The van der Waals surface area contributed by atoms with Gasteiger partial charge in [0, 0.05) is 11.4 Å². The number of nitrogens with two attached hydrogens (primary N) is 1. The third-order valence-corrected chi connectivity index (χ3v) is 5.56. The average Bonchev–Trinajstić information content (AvgIpc) is 2.96. The minimum Gasteiger partial charge on any atom is -0.393 e. The maximum atomic E-state index is 9.68. The summed E-state index contributed by atoms with van der Waals surface area (Å²) in [6.45, 7) is 8.63. The van der Waals surface area contributed by atoms with E-state index in [1.54, 1.807) is 11.3 Å². The summed E-state index contributed by atoms with van der Waals surface area (Å²) in [5.74, 6) is 1.73. The lowest BCUT2D eigenvalue weighted by Gasteiger charge is -2.16. The standard InChI is InChI=1S/C15H22N4OS/c1-8-10(3)21-15-13(8)14(16)17-12(18-15)7-19-5-4-11(6-19)9(2)20/h9,11,20H,4-7H2,1-3H3,(H2,16,17,18). The van der Waals surface area contributed by atoms with Crippen molar-refractivity contribution in [2.24, 2.45) is 5.92 Å². The number of hydrogen-bond donors (Lipinski definition) is 2. The van der Waals surface area contributed by atoms with E-state index >= 15 is 0 Å². The molecule has 0 saturated carbocycles. The highest BCUT2D eigenvalue weighted by Gasteiger charge is 2.26. The van der Waals surface area contributed by atoms with E-state index in [0.717, 1.165) is 35.6 Å². The van der Waals surface area contributed by atoms with Crippen LogP contribution >= 0.6 is 11.3 Å². The van der Waals surface area contributed by atoms with Crippen LogP contribution in [0.25, 0.3) is 10.2 Å². The van der Waals surface area contributed by atoms with Crippen LogP contribution in [0.2, 0.25) is 0 Å². The Morgan fingerprint density at radius 2 is 2.19 bits per heavy atom. The molecule has 5 nitrogen and oxygen atoms in total. The van der Waals surface area contributed by atoms with Crippen LogP contribution in [0.1, 0.15) is 29.6 Å². The van der Waals surface area contributed by atoms with Crippen molar-refractivity contribution in [3.8, 4) is 0 Å². The Labute approximate surface area is 128 Å². The number of aliphatic hydroxyl groups excluding tert-OH is 1. The molecule has 2 unspecified atom stereocenters. The fourth-order valence-corrected chi connectivity index (χ4v) is 4.05. The van der Waals surface area contributed by atoms with E-state index in [4.69, 9.17) is 5.73 Å². The Kier molecular flexibility index (Phi) is 3.86. The van der Waals surface area contributed by atoms with Crippen LogP contribution < -0.4 is 5.73 Å². The summed E-state index contributed by atoms with van der Waals surface area (Å²) < 4.78 is 0. The smallest absolute Gasteiger partial charge is 0.146 e. The molecule has 3 rings (SSSR count). The Morgan fingerprint density at radius 1 is 1.43 bits per heavy atom. The molecule has 3 N–H and O–H groups in total. The molecule has 2 atom stereocenters. The molecular weight excluding hydrogens is 284 g/mol. The normalized spacial score (nSPS) is 21.2. The summed E-state index contributed by atoms with van der Waals surface area (Å²) in [6, 6.07) is 0. The predicted octanol–water partition coefficient (Wildman–Crippen LogP) is 2.09. The number of aromatic nitrogens is 2. The van der Waals surface area contributed by atoms with Gasteiger partial charge >= 0.3 is 0 Å². The zero-order chi connectivity index (χ0) is 15.1. The van der Waals surface area contributed by atoms with Crippen molar-refractivity contribution < 1.29 is 5.11 Å². The first-order valence-corrected chi connectivity index (χ1v) is 8.20. The molecular formula is C15H22N4OS. The molecule has 21 heavy (non-hydrogen) atoms. The summed E-state index contributed by atoms with van der Waals surface area (Å²) in [5.41, 5.74) is 7.31. The van der Waals surface area contributed by atoms with Gasteiger partial charge in [-0.15, -0.1) is 11.3 Å². The number of fused-ring (bicyclic) bond motifs is 1. The third-order valence-electron chi connectivity index (χ3n) is 4.46. The summed E-state index contributed by atoms with van der Waals surface area (Å²) >= 11 is 1.68. The predicted molar refractivity (Wildman–Crippen MR) is 86.4 cm³/mol. The van der Waals surface area contributed by atoms with Crippen molar-refractivity contribution in [3.63, 3.8) is 0 Å². The molecule has 1 aliphatic rings. The van der Waals surface area contributed by atoms with E-state index in [2.05, 4.69) is 28.7 Å². The number of rotatable bonds is 3. The van der Waals surface area contributed by atoms with Crippen LogP contribution in [0.3, 0.4) is 0 Å². The van der Waals surface area contributed by atoms with Crippen molar-refractivity contribution in [2.75, 3.05) is 18.8 Å². The zero-order valence-electron chi connectivity index (χ0n) is 12.8. The summed E-state index contributed by atoms with van der Waals surface area (Å²) in [4.78, 5) is 13.7. The van der Waals surface area contributed by atoms with E-state index in [-0.39, 0.29) is 6.10 Å².